The lowest BCUT2D eigenvalue weighted by molar-refractivity contribution is 1.36. The highest BCUT2D eigenvalue weighted by Gasteiger charge is 2.01. The molecule has 0 fully saturated rings. The fourth-order valence-electron chi connectivity index (χ4n) is 1.61. The van der Waals surface area contributed by atoms with Crippen molar-refractivity contribution in [2.24, 2.45) is 0 Å². The zero-order valence-electron chi connectivity index (χ0n) is 6.91. The van der Waals surface area contributed by atoms with Gasteiger partial charge in [0.05, 0.1) is 0 Å². The van der Waals surface area contributed by atoms with Gasteiger partial charge in [-0.2, -0.15) is 0 Å². The van der Waals surface area contributed by atoms with E-state index in [2.05, 4.69) is 16.0 Å². The molecule has 0 unspecified atom stereocenters. The number of aromatic nitrogens is 2. The Balaban J connectivity index is 2.64. The molecule has 0 bridgehead atoms. The molecule has 0 atom stereocenters. The van der Waals surface area contributed by atoms with Gasteiger partial charge in [-0.1, -0.05) is 12.1 Å². The maximum absolute atomic E-state index is 4.10. The van der Waals surface area contributed by atoms with Gasteiger partial charge in [0.15, 0.2) is 0 Å². The summed E-state index contributed by atoms with van der Waals surface area (Å²) in [7, 11) is 0. The van der Waals surface area contributed by atoms with Crippen LogP contribution in [0, 0.1) is 6.07 Å². The van der Waals surface area contributed by atoms with Crippen LogP contribution in [0.2, 0.25) is 0 Å². The predicted octanol–water partition coefficient (Wildman–Crippen LogP) is 2.52. The van der Waals surface area contributed by atoms with E-state index in [-0.39, 0.29) is 0 Å². The van der Waals surface area contributed by atoms with E-state index in [0.717, 1.165) is 21.8 Å². The summed E-state index contributed by atoms with van der Waals surface area (Å²) in [6.45, 7) is 0. The molecule has 0 aliphatic heterocycles. The standard InChI is InChI=1S/C11H7N2/c1-2-4-10-8(3-1)9-7-12-6-5-11(9)13-10/h1-2,4-7,13H. The normalized spacial score (nSPS) is 11.1. The first kappa shape index (κ1) is 6.66. The Labute approximate surface area is 75.2 Å². The van der Waals surface area contributed by atoms with Crippen LogP contribution >= 0.6 is 0 Å². The Hall–Kier alpha value is -1.83. The van der Waals surface area contributed by atoms with Crippen LogP contribution in [0.4, 0.5) is 0 Å². The Morgan fingerprint density at radius 2 is 2.23 bits per heavy atom. The molecule has 2 heteroatoms. The van der Waals surface area contributed by atoms with Gasteiger partial charge in [0.2, 0.25) is 0 Å². The van der Waals surface area contributed by atoms with Gasteiger partial charge in [-0.15, -0.1) is 0 Å². The van der Waals surface area contributed by atoms with Crippen molar-refractivity contribution < 1.29 is 0 Å². The molecule has 3 aromatic rings. The third-order valence-corrected chi connectivity index (χ3v) is 2.22. The highest BCUT2D eigenvalue weighted by molar-refractivity contribution is 6.06. The van der Waals surface area contributed by atoms with Gasteiger partial charge in [0, 0.05) is 34.2 Å². The third-order valence-electron chi connectivity index (χ3n) is 2.22. The Bertz CT molecular complexity index is 516. The molecule has 0 spiro atoms. The number of hydrogen-bond donors (Lipinski definition) is 1. The molecule has 0 saturated carbocycles. The molecule has 1 N–H and O–H groups in total. The van der Waals surface area contributed by atoms with E-state index < -0.39 is 0 Å². The van der Waals surface area contributed by atoms with Crippen molar-refractivity contribution in [3.05, 3.63) is 42.7 Å². The van der Waals surface area contributed by atoms with Gasteiger partial charge >= 0.3 is 0 Å². The monoisotopic (exact) mass is 167 g/mol. The summed E-state index contributed by atoms with van der Waals surface area (Å²) >= 11 is 0. The minimum absolute atomic E-state index is 1.12. The predicted molar refractivity (Wildman–Crippen MR) is 52.4 cm³/mol. The minimum Gasteiger partial charge on any atom is -0.354 e. The molecular formula is C11H7N2. The number of nitrogens with zero attached hydrogens (tertiary/aromatic N) is 1. The van der Waals surface area contributed by atoms with Crippen LogP contribution in [0.25, 0.3) is 21.8 Å². The van der Waals surface area contributed by atoms with E-state index in [9.17, 15) is 0 Å². The van der Waals surface area contributed by atoms with E-state index >= 15 is 0 Å². The molecule has 2 aromatic heterocycles. The largest absolute Gasteiger partial charge is 0.354 e. The van der Waals surface area contributed by atoms with Gasteiger partial charge in [-0.05, 0) is 18.2 Å². The van der Waals surface area contributed by atoms with Gasteiger partial charge < -0.3 is 4.98 Å². The van der Waals surface area contributed by atoms with Crippen LogP contribution in [0.5, 0.6) is 0 Å². The SMILES string of the molecule is [c]1cccc2[nH]c3ccncc3c12. The molecule has 0 amide bonds. The van der Waals surface area contributed by atoms with Gasteiger partial charge in [0.1, 0.15) is 0 Å². The summed E-state index contributed by atoms with van der Waals surface area (Å²) in [6, 6.07) is 11.1. The zero-order valence-corrected chi connectivity index (χ0v) is 6.91. The Morgan fingerprint density at radius 1 is 1.23 bits per heavy atom. The number of fused-ring (bicyclic) bond motifs is 3. The maximum atomic E-state index is 4.10. The molecule has 13 heavy (non-hydrogen) atoms. The smallest absolute Gasteiger partial charge is 0.0496 e. The minimum atomic E-state index is 1.12. The molecule has 1 aromatic carbocycles. The van der Waals surface area contributed by atoms with Gasteiger partial charge in [0.25, 0.3) is 0 Å². The number of nitrogens with one attached hydrogen (secondary N) is 1. The average molecular weight is 167 g/mol. The highest BCUT2D eigenvalue weighted by atomic mass is 14.7. The van der Waals surface area contributed by atoms with E-state index in [4.69, 9.17) is 0 Å². The second-order valence-electron chi connectivity index (χ2n) is 3.01. The first-order valence-corrected chi connectivity index (χ1v) is 4.17. The van der Waals surface area contributed by atoms with E-state index in [1.54, 1.807) is 6.20 Å². The lowest BCUT2D eigenvalue weighted by atomic mass is 10.2. The lowest BCUT2D eigenvalue weighted by Gasteiger charge is -1.86. The summed E-state index contributed by atoms with van der Waals surface area (Å²) in [5.74, 6) is 0. The quantitative estimate of drug-likeness (QED) is 0.547. The zero-order chi connectivity index (χ0) is 8.67. The van der Waals surface area contributed by atoms with Crippen molar-refractivity contribution in [1.29, 1.82) is 0 Å². The van der Waals surface area contributed by atoms with Crippen LogP contribution < -0.4 is 0 Å². The Kier molecular flexibility index (Phi) is 1.19. The number of benzene rings is 1. The number of hydrogen-bond acceptors (Lipinski definition) is 1. The lowest BCUT2D eigenvalue weighted by Crippen LogP contribution is -1.68. The van der Waals surface area contributed by atoms with Crippen molar-refractivity contribution in [3.63, 3.8) is 0 Å². The van der Waals surface area contributed by atoms with Crippen LogP contribution in [-0.4, -0.2) is 9.97 Å². The second kappa shape index (κ2) is 2.33. The topological polar surface area (TPSA) is 28.7 Å². The van der Waals surface area contributed by atoms with Crippen molar-refractivity contribution in [1.82, 2.24) is 9.97 Å². The fraction of sp³-hybridized carbons (Fsp3) is 0. The fourth-order valence-corrected chi connectivity index (χ4v) is 1.61. The van der Waals surface area contributed by atoms with E-state index in [1.165, 1.54) is 0 Å². The molecule has 61 valence electrons. The first-order chi connectivity index (χ1) is 6.45. The maximum Gasteiger partial charge on any atom is 0.0496 e. The summed E-state index contributed by atoms with van der Waals surface area (Å²) < 4.78 is 0. The number of rotatable bonds is 0. The molecule has 0 aliphatic rings. The van der Waals surface area contributed by atoms with Crippen molar-refractivity contribution in [2.75, 3.05) is 0 Å². The molecule has 0 saturated heterocycles. The summed E-state index contributed by atoms with van der Waals surface area (Å²) in [5, 5.41) is 2.25. The van der Waals surface area contributed by atoms with Gasteiger partial charge in [-0.3, -0.25) is 4.98 Å². The van der Waals surface area contributed by atoms with Crippen LogP contribution in [-0.2, 0) is 0 Å². The van der Waals surface area contributed by atoms with E-state index in [1.807, 2.05) is 30.5 Å². The summed E-state index contributed by atoms with van der Waals surface area (Å²) in [5.41, 5.74) is 2.23. The van der Waals surface area contributed by atoms with Crippen molar-refractivity contribution in [2.45, 2.75) is 0 Å². The van der Waals surface area contributed by atoms with Crippen LogP contribution in [0.15, 0.2) is 36.7 Å². The van der Waals surface area contributed by atoms with E-state index in [0.29, 0.717) is 0 Å². The Morgan fingerprint density at radius 3 is 3.23 bits per heavy atom. The van der Waals surface area contributed by atoms with Crippen LogP contribution in [0.3, 0.4) is 0 Å². The molecule has 0 aliphatic carbocycles. The van der Waals surface area contributed by atoms with Crippen molar-refractivity contribution >= 4 is 21.8 Å². The average Bonchev–Trinajstić information content (AvgIpc) is 2.56. The van der Waals surface area contributed by atoms with Crippen LogP contribution in [0.1, 0.15) is 0 Å². The highest BCUT2D eigenvalue weighted by Crippen LogP contribution is 2.22. The van der Waals surface area contributed by atoms with Gasteiger partial charge in [-0.25, -0.2) is 0 Å². The third kappa shape index (κ3) is 0.855. The molecule has 2 nitrogen and oxygen atoms in total. The molecule has 3 rings (SSSR count). The molecule has 1 radical (unpaired) electrons. The first-order valence-electron chi connectivity index (χ1n) is 4.17. The van der Waals surface area contributed by atoms with Crippen molar-refractivity contribution in [3.8, 4) is 0 Å². The number of pyridine rings is 1. The summed E-state index contributed by atoms with van der Waals surface area (Å²) in [4.78, 5) is 7.40. The number of aromatic amines is 1. The second-order valence-corrected chi connectivity index (χ2v) is 3.01. The molecular weight excluding hydrogens is 160 g/mol. The number of H-pyrrole nitrogens is 1. The molecule has 2 heterocycles. The summed E-state index contributed by atoms with van der Waals surface area (Å²) in [6.07, 6.45) is 3.66.